The average Bonchev–Trinajstić information content (AvgIpc) is 2.86. The molecule has 2 aliphatic heterocycles. The van der Waals surface area contributed by atoms with Gasteiger partial charge in [-0.05, 0) is 54.7 Å². The van der Waals surface area contributed by atoms with Crippen LogP contribution in [-0.4, -0.2) is 28.5 Å². The van der Waals surface area contributed by atoms with Gasteiger partial charge in [0.2, 0.25) is 5.95 Å². The zero-order chi connectivity index (χ0) is 23.3. The highest BCUT2D eigenvalue weighted by Crippen LogP contribution is 2.52. The molecule has 0 amide bonds. The van der Waals surface area contributed by atoms with Crippen molar-refractivity contribution < 1.29 is 13.9 Å². The number of nitrogens with two attached hydrogens (primary N) is 1. The predicted molar refractivity (Wildman–Crippen MR) is 128 cm³/mol. The lowest BCUT2D eigenvalue weighted by atomic mass is 9.78. The smallest absolute Gasteiger partial charge is 0.220 e. The van der Waals surface area contributed by atoms with Gasteiger partial charge in [0.25, 0.3) is 0 Å². The fourth-order valence-electron chi connectivity index (χ4n) is 5.50. The Balaban J connectivity index is 1.52. The van der Waals surface area contributed by atoms with Gasteiger partial charge in [0.15, 0.2) is 5.75 Å². The predicted octanol–water partition coefficient (Wildman–Crippen LogP) is 5.62. The van der Waals surface area contributed by atoms with E-state index in [9.17, 15) is 4.39 Å². The molecule has 34 heavy (non-hydrogen) atoms. The minimum Gasteiger partial charge on any atom is -0.455 e. The van der Waals surface area contributed by atoms with E-state index in [1.807, 2.05) is 18.2 Å². The number of pyridine rings is 2. The third kappa shape index (κ3) is 3.46. The Labute approximate surface area is 202 Å². The Bertz CT molecular complexity index is 1290. The molecule has 1 aliphatic carbocycles. The van der Waals surface area contributed by atoms with Crippen molar-refractivity contribution in [2.45, 2.75) is 43.7 Å². The van der Waals surface area contributed by atoms with Gasteiger partial charge < -0.3 is 15.2 Å². The summed E-state index contributed by atoms with van der Waals surface area (Å²) in [7, 11) is 0. The number of halogens is 2. The van der Waals surface area contributed by atoms with Crippen LogP contribution in [0.2, 0.25) is 5.15 Å². The van der Waals surface area contributed by atoms with Crippen molar-refractivity contribution >= 4 is 17.4 Å². The first-order valence-electron chi connectivity index (χ1n) is 11.6. The number of hydrogen-bond donors (Lipinski definition) is 1. The van der Waals surface area contributed by atoms with Crippen LogP contribution >= 0.6 is 11.6 Å². The maximum atomic E-state index is 14.5. The third-order valence-corrected chi connectivity index (χ3v) is 7.36. The number of rotatable bonds is 2. The molecule has 0 saturated heterocycles. The van der Waals surface area contributed by atoms with E-state index in [0.717, 1.165) is 24.0 Å². The molecule has 8 heteroatoms. The van der Waals surface area contributed by atoms with E-state index < -0.39 is 11.5 Å². The van der Waals surface area contributed by atoms with E-state index in [1.165, 1.54) is 25.5 Å². The maximum Gasteiger partial charge on any atom is 0.220 e. The van der Waals surface area contributed by atoms with Crippen LogP contribution in [0.3, 0.4) is 0 Å². The largest absolute Gasteiger partial charge is 0.455 e. The van der Waals surface area contributed by atoms with E-state index >= 15 is 0 Å². The molecule has 0 radical (unpaired) electrons. The molecule has 1 aromatic carbocycles. The molecule has 3 aromatic rings. The second-order valence-corrected chi connectivity index (χ2v) is 9.57. The summed E-state index contributed by atoms with van der Waals surface area (Å²) in [6.07, 6.45) is 8.61. The molecule has 0 bridgehead atoms. The molecule has 1 saturated carbocycles. The highest BCUT2D eigenvalue weighted by atomic mass is 35.5. The minimum absolute atomic E-state index is 0.211. The first-order valence-corrected chi connectivity index (χ1v) is 12.0. The molecule has 2 N–H and O–H groups in total. The van der Waals surface area contributed by atoms with Crippen LogP contribution in [0, 0.1) is 11.9 Å². The first kappa shape index (κ1) is 21.5. The van der Waals surface area contributed by atoms with Crippen LogP contribution in [-0.2, 0) is 10.3 Å². The zero-order valence-corrected chi connectivity index (χ0v) is 19.3. The van der Waals surface area contributed by atoms with Crippen molar-refractivity contribution in [2.75, 3.05) is 6.61 Å². The van der Waals surface area contributed by atoms with Gasteiger partial charge in [0, 0.05) is 22.9 Å². The summed E-state index contributed by atoms with van der Waals surface area (Å²) in [6, 6.07) is 10.7. The molecule has 2 atom stereocenters. The van der Waals surface area contributed by atoms with E-state index in [4.69, 9.17) is 31.8 Å². The Morgan fingerprint density at radius 3 is 2.65 bits per heavy atom. The molecule has 6 rings (SSSR count). The number of aliphatic imine (C=N–C) groups is 1. The highest BCUT2D eigenvalue weighted by Gasteiger charge is 2.48. The van der Waals surface area contributed by atoms with Gasteiger partial charge >= 0.3 is 0 Å². The summed E-state index contributed by atoms with van der Waals surface area (Å²) in [5.41, 5.74) is 8.17. The molecule has 6 nitrogen and oxygen atoms in total. The second kappa shape index (κ2) is 8.32. The van der Waals surface area contributed by atoms with Crippen LogP contribution in [0.5, 0.6) is 11.5 Å². The summed E-state index contributed by atoms with van der Waals surface area (Å²) in [5.74, 6) is 1.45. The van der Waals surface area contributed by atoms with Gasteiger partial charge in [-0.15, -0.1) is 0 Å². The van der Waals surface area contributed by atoms with Gasteiger partial charge in [-0.2, -0.15) is 4.39 Å². The van der Waals surface area contributed by atoms with Gasteiger partial charge in [0.05, 0.1) is 12.8 Å². The number of amidine groups is 1. The van der Waals surface area contributed by atoms with Gasteiger partial charge in [-0.1, -0.05) is 36.9 Å². The Morgan fingerprint density at radius 1 is 1.03 bits per heavy atom. The lowest BCUT2D eigenvalue weighted by molar-refractivity contribution is 0.00780. The number of hydrogen-bond acceptors (Lipinski definition) is 6. The van der Waals surface area contributed by atoms with Gasteiger partial charge in [0.1, 0.15) is 28.4 Å². The number of benzene rings is 1. The molecule has 4 heterocycles. The van der Waals surface area contributed by atoms with Crippen LogP contribution < -0.4 is 10.5 Å². The normalized spacial score (nSPS) is 24.2. The highest BCUT2D eigenvalue weighted by molar-refractivity contribution is 6.29. The Morgan fingerprint density at radius 2 is 1.85 bits per heavy atom. The topological polar surface area (TPSA) is 82.6 Å². The summed E-state index contributed by atoms with van der Waals surface area (Å²) in [5, 5.41) is 0.322. The van der Waals surface area contributed by atoms with Crippen LogP contribution in [0.25, 0.3) is 11.1 Å². The summed E-state index contributed by atoms with van der Waals surface area (Å²) in [4.78, 5) is 13.1. The molecule has 174 valence electrons. The molecule has 1 fully saturated rings. The van der Waals surface area contributed by atoms with Crippen molar-refractivity contribution in [2.24, 2.45) is 16.6 Å². The van der Waals surface area contributed by atoms with Crippen molar-refractivity contribution in [1.82, 2.24) is 9.97 Å². The maximum absolute atomic E-state index is 14.5. The van der Waals surface area contributed by atoms with E-state index in [-0.39, 0.29) is 12.7 Å². The molecule has 3 aliphatic rings. The zero-order valence-electron chi connectivity index (χ0n) is 18.5. The lowest BCUT2D eigenvalue weighted by Gasteiger charge is -2.43. The molecule has 2 aromatic heterocycles. The minimum atomic E-state index is -0.973. The van der Waals surface area contributed by atoms with E-state index in [0.29, 0.717) is 39.5 Å². The second-order valence-electron chi connectivity index (χ2n) is 9.18. The van der Waals surface area contributed by atoms with Gasteiger partial charge in [-0.3, -0.25) is 4.99 Å². The molecule has 0 unspecified atom stereocenters. The van der Waals surface area contributed by atoms with Crippen LogP contribution in [0.1, 0.15) is 43.2 Å². The Hall–Kier alpha value is -3.03. The van der Waals surface area contributed by atoms with Crippen molar-refractivity contribution in [3.05, 3.63) is 71.0 Å². The third-order valence-electron chi connectivity index (χ3n) is 7.16. The molecular weight excluding hydrogens is 455 g/mol. The summed E-state index contributed by atoms with van der Waals surface area (Å²) in [6.45, 7) is 0.275. The monoisotopic (exact) mass is 478 g/mol. The van der Waals surface area contributed by atoms with E-state index in [1.54, 1.807) is 24.4 Å². The standard InChI is InChI=1S/C26H24ClFN4O2/c27-22-12-19-21(13-31-22)34-20-9-8-16(17-7-4-10-30-24(17)28)11-18(20)26(19)14-33-23(25(29)32-26)15-5-2-1-3-6-15/h4,7-13,15,23H,1-3,5-6,14H2,(H2,29,32)/t23-,26-/m1/s1. The van der Waals surface area contributed by atoms with Crippen molar-refractivity contribution in [3.8, 4) is 22.6 Å². The molecular formula is C26H24ClFN4O2. The molecule has 1 spiro atoms. The Kier molecular flexibility index (Phi) is 5.26. The first-order chi connectivity index (χ1) is 16.5. The number of aromatic nitrogens is 2. The van der Waals surface area contributed by atoms with Crippen molar-refractivity contribution in [1.29, 1.82) is 0 Å². The van der Waals surface area contributed by atoms with Crippen LogP contribution in [0.15, 0.2) is 53.8 Å². The van der Waals surface area contributed by atoms with Crippen molar-refractivity contribution in [3.63, 3.8) is 0 Å². The number of ether oxygens (including phenoxy) is 2. The number of fused-ring (bicyclic) bond motifs is 4. The van der Waals surface area contributed by atoms with E-state index in [2.05, 4.69) is 9.97 Å². The quantitative estimate of drug-likeness (QED) is 0.483. The fourth-order valence-corrected chi connectivity index (χ4v) is 5.66. The van der Waals surface area contributed by atoms with Crippen LogP contribution in [0.4, 0.5) is 4.39 Å². The number of nitrogens with zero attached hydrogens (tertiary/aromatic N) is 3. The lowest BCUT2D eigenvalue weighted by Crippen LogP contribution is -2.49. The van der Waals surface area contributed by atoms with Gasteiger partial charge in [-0.25, -0.2) is 9.97 Å². The fraction of sp³-hybridized carbons (Fsp3) is 0.346. The SMILES string of the molecule is NC1=N[C@]2(CO[C@@H]1C1CCCCC1)c1cc(-c3cccnc3F)ccc1Oc1cnc(Cl)cc12. The average molecular weight is 479 g/mol. The summed E-state index contributed by atoms with van der Waals surface area (Å²) >= 11 is 6.30. The summed E-state index contributed by atoms with van der Waals surface area (Å²) < 4.78 is 27.2.